The number of aromatic nitrogens is 2. The number of thiocarbonyl (C=S) groups is 1. The van der Waals surface area contributed by atoms with E-state index in [1.54, 1.807) is 10.8 Å². The molecule has 0 bridgehead atoms. The smallest absolute Gasteiger partial charge is 0.228 e. The van der Waals surface area contributed by atoms with Crippen LogP contribution in [0.25, 0.3) is 0 Å². The van der Waals surface area contributed by atoms with Crippen molar-refractivity contribution in [3.05, 3.63) is 83.4 Å². The molecule has 7 nitrogen and oxygen atoms in total. The van der Waals surface area contributed by atoms with Gasteiger partial charge in [-0.05, 0) is 55.2 Å². The largest absolute Gasteiger partial charge is 0.376 e. The zero-order chi connectivity index (χ0) is 25.5. The van der Waals surface area contributed by atoms with Crippen LogP contribution in [0.1, 0.15) is 36.6 Å². The topological polar surface area (TPSA) is 76.5 Å². The van der Waals surface area contributed by atoms with E-state index >= 15 is 0 Å². The lowest BCUT2D eigenvalue weighted by Gasteiger charge is -2.28. The number of hydrogen-bond donors (Lipinski definition) is 1. The van der Waals surface area contributed by atoms with Gasteiger partial charge in [-0.3, -0.25) is 0 Å². The fourth-order valence-corrected chi connectivity index (χ4v) is 6.05. The first-order valence-corrected chi connectivity index (χ1v) is 14.1. The highest BCUT2D eigenvalue weighted by molar-refractivity contribution is 7.90. The minimum absolute atomic E-state index is 0.0166. The van der Waals surface area contributed by atoms with Gasteiger partial charge in [-0.2, -0.15) is 0 Å². The third kappa shape index (κ3) is 6.68. The molecule has 0 spiro atoms. The minimum atomic E-state index is -3.81. The quantitative estimate of drug-likeness (QED) is 0.398. The van der Waals surface area contributed by atoms with Crippen molar-refractivity contribution in [1.29, 1.82) is 0 Å². The van der Waals surface area contributed by atoms with Crippen LogP contribution < -0.4 is 5.32 Å². The number of nitrogens with one attached hydrogen (secondary N) is 1. The summed E-state index contributed by atoms with van der Waals surface area (Å²) in [6, 6.07) is 15.1. The van der Waals surface area contributed by atoms with Crippen LogP contribution >= 0.6 is 12.2 Å². The number of benzene rings is 2. The summed E-state index contributed by atoms with van der Waals surface area (Å²) in [4.78, 5) is 6.38. The Hall–Kier alpha value is -2.82. The molecule has 1 aliphatic heterocycles. The van der Waals surface area contributed by atoms with Crippen molar-refractivity contribution in [1.82, 2.24) is 19.8 Å². The minimum Gasteiger partial charge on any atom is -0.376 e. The zero-order valence-corrected chi connectivity index (χ0v) is 21.9. The predicted molar refractivity (Wildman–Crippen MR) is 141 cm³/mol. The molecule has 1 saturated heterocycles. The molecule has 0 radical (unpaired) electrons. The van der Waals surface area contributed by atoms with Gasteiger partial charge in [0.15, 0.2) is 5.11 Å². The Kier molecular flexibility index (Phi) is 8.71. The summed E-state index contributed by atoms with van der Waals surface area (Å²) >= 11 is 5.64. The predicted octanol–water partition coefficient (Wildman–Crippen LogP) is 3.92. The normalized spacial score (nSPS) is 15.7. The molecule has 1 fully saturated rings. The zero-order valence-electron chi connectivity index (χ0n) is 20.3. The lowest BCUT2D eigenvalue weighted by atomic mass is 10.2. The number of sulfone groups is 1. The second kappa shape index (κ2) is 11.9. The summed E-state index contributed by atoms with van der Waals surface area (Å²) < 4.78 is 47.8. The molecule has 3 aromatic rings. The number of halogens is 1. The Morgan fingerprint density at radius 2 is 1.94 bits per heavy atom. The Labute approximate surface area is 217 Å². The van der Waals surface area contributed by atoms with Crippen LogP contribution in [0.5, 0.6) is 0 Å². The fourth-order valence-electron chi connectivity index (χ4n) is 4.28. The van der Waals surface area contributed by atoms with E-state index in [1.807, 2.05) is 42.2 Å². The van der Waals surface area contributed by atoms with Crippen LogP contribution in [-0.2, 0) is 33.4 Å². The van der Waals surface area contributed by atoms with E-state index in [4.69, 9.17) is 17.0 Å². The van der Waals surface area contributed by atoms with E-state index in [2.05, 4.69) is 10.3 Å². The molecule has 36 heavy (non-hydrogen) atoms. The van der Waals surface area contributed by atoms with Gasteiger partial charge in [-0.25, -0.2) is 17.8 Å². The third-order valence-corrected chi connectivity index (χ3v) is 8.05. The van der Waals surface area contributed by atoms with E-state index in [0.29, 0.717) is 36.9 Å². The molecule has 0 saturated carbocycles. The van der Waals surface area contributed by atoms with E-state index in [0.717, 1.165) is 30.7 Å². The van der Waals surface area contributed by atoms with Crippen molar-refractivity contribution in [2.75, 3.05) is 19.7 Å². The van der Waals surface area contributed by atoms with E-state index in [1.165, 1.54) is 24.3 Å². The Morgan fingerprint density at radius 3 is 2.61 bits per heavy atom. The number of rotatable bonds is 10. The standard InChI is InChI=1S/C26H31FN4O3S2/c1-2-28-25(35)30(18-24-9-6-14-34-24)17-23-15-29-26(31(23)16-20-7-4-3-5-8-20)36(32,33)19-21-10-12-22(27)13-11-21/h3-5,7-8,10-13,15,24H,2,6,9,14,16-19H2,1H3,(H,28,35)/t24-/m0/s1. The van der Waals surface area contributed by atoms with Crippen molar-refractivity contribution in [2.24, 2.45) is 0 Å². The maximum absolute atomic E-state index is 13.5. The van der Waals surface area contributed by atoms with Gasteiger partial charge in [0.2, 0.25) is 15.0 Å². The fraction of sp³-hybridized carbons (Fsp3) is 0.385. The van der Waals surface area contributed by atoms with Crippen LogP contribution in [0.4, 0.5) is 4.39 Å². The highest BCUT2D eigenvalue weighted by atomic mass is 32.2. The van der Waals surface area contributed by atoms with Gasteiger partial charge < -0.3 is 19.5 Å². The van der Waals surface area contributed by atoms with Gasteiger partial charge in [-0.1, -0.05) is 42.5 Å². The molecule has 1 aromatic heterocycles. The van der Waals surface area contributed by atoms with Gasteiger partial charge in [0, 0.05) is 19.7 Å². The SMILES string of the molecule is CCNC(=S)N(Cc1cnc(S(=O)(=O)Cc2ccc(F)cc2)n1Cc1ccccc1)C[C@@H]1CCCO1. The van der Waals surface area contributed by atoms with E-state index < -0.39 is 15.7 Å². The Morgan fingerprint density at radius 1 is 1.19 bits per heavy atom. The molecule has 0 unspecified atom stereocenters. The molecule has 192 valence electrons. The van der Waals surface area contributed by atoms with Gasteiger partial charge in [-0.15, -0.1) is 0 Å². The first-order chi connectivity index (χ1) is 17.4. The maximum Gasteiger partial charge on any atom is 0.228 e. The molecule has 2 heterocycles. The molecule has 4 rings (SSSR count). The Bertz CT molecular complexity index is 1260. The number of hydrogen-bond acceptors (Lipinski definition) is 5. The van der Waals surface area contributed by atoms with Crippen LogP contribution in [0, 0.1) is 5.82 Å². The van der Waals surface area contributed by atoms with Crippen molar-refractivity contribution < 1.29 is 17.5 Å². The number of nitrogens with zero attached hydrogens (tertiary/aromatic N) is 3. The summed E-state index contributed by atoms with van der Waals surface area (Å²) in [6.45, 7) is 4.75. The summed E-state index contributed by atoms with van der Waals surface area (Å²) in [5.74, 6) is -0.680. The average Bonchev–Trinajstić information content (AvgIpc) is 3.51. The molecule has 0 aliphatic carbocycles. The van der Waals surface area contributed by atoms with Crippen LogP contribution in [0.2, 0.25) is 0 Å². The lowest BCUT2D eigenvalue weighted by Crippen LogP contribution is -2.43. The second-order valence-electron chi connectivity index (χ2n) is 8.84. The highest BCUT2D eigenvalue weighted by Crippen LogP contribution is 2.22. The molecular weight excluding hydrogens is 499 g/mol. The molecular formula is C26H31FN4O3S2. The summed E-state index contributed by atoms with van der Waals surface area (Å²) in [6.07, 6.45) is 3.67. The van der Waals surface area contributed by atoms with Crippen LogP contribution in [-0.4, -0.2) is 53.8 Å². The highest BCUT2D eigenvalue weighted by Gasteiger charge is 2.27. The van der Waals surface area contributed by atoms with Gasteiger partial charge in [0.25, 0.3) is 0 Å². The van der Waals surface area contributed by atoms with Gasteiger partial charge >= 0.3 is 0 Å². The van der Waals surface area contributed by atoms with Crippen molar-refractivity contribution >= 4 is 27.2 Å². The number of ether oxygens (including phenoxy) is 1. The third-order valence-electron chi connectivity index (χ3n) is 6.05. The lowest BCUT2D eigenvalue weighted by molar-refractivity contribution is 0.0893. The van der Waals surface area contributed by atoms with E-state index in [9.17, 15) is 12.8 Å². The van der Waals surface area contributed by atoms with Crippen molar-refractivity contribution in [3.8, 4) is 0 Å². The first-order valence-electron chi connectivity index (χ1n) is 12.1. The second-order valence-corrected chi connectivity index (χ2v) is 11.1. The van der Waals surface area contributed by atoms with Crippen LogP contribution in [0.15, 0.2) is 66.0 Å². The van der Waals surface area contributed by atoms with Crippen LogP contribution in [0.3, 0.4) is 0 Å². The molecule has 0 amide bonds. The summed E-state index contributed by atoms with van der Waals surface area (Å²) in [7, 11) is -3.81. The monoisotopic (exact) mass is 530 g/mol. The summed E-state index contributed by atoms with van der Waals surface area (Å²) in [5, 5.41) is 3.78. The molecule has 1 N–H and O–H groups in total. The van der Waals surface area contributed by atoms with Gasteiger partial charge in [0.1, 0.15) is 5.82 Å². The molecule has 1 atom stereocenters. The number of imidazole rings is 1. The Balaban J connectivity index is 1.67. The van der Waals surface area contributed by atoms with Gasteiger partial charge in [0.05, 0.1) is 36.8 Å². The molecule has 10 heteroatoms. The van der Waals surface area contributed by atoms with Crippen molar-refractivity contribution in [2.45, 2.75) is 49.9 Å². The van der Waals surface area contributed by atoms with Crippen molar-refractivity contribution in [3.63, 3.8) is 0 Å². The average molecular weight is 531 g/mol. The molecule has 1 aliphatic rings. The van der Waals surface area contributed by atoms with E-state index in [-0.39, 0.29) is 17.0 Å². The summed E-state index contributed by atoms with van der Waals surface area (Å²) in [5.41, 5.74) is 2.19. The maximum atomic E-state index is 13.5. The molecule has 2 aromatic carbocycles. The first kappa shape index (κ1) is 26.2.